The van der Waals surface area contributed by atoms with Crippen LogP contribution in [0, 0.1) is 24.6 Å². The minimum absolute atomic E-state index is 0.0955. The van der Waals surface area contributed by atoms with Crippen molar-refractivity contribution in [2.24, 2.45) is 22.6 Å². The number of guanidine groups is 1. The van der Waals surface area contributed by atoms with E-state index in [-0.39, 0.29) is 35.2 Å². The van der Waals surface area contributed by atoms with Gasteiger partial charge in [-0.2, -0.15) is 13.2 Å². The van der Waals surface area contributed by atoms with Gasteiger partial charge in [-0.05, 0) is 79.5 Å². The molecule has 1 fully saturated rings. The lowest BCUT2D eigenvalue weighted by Crippen LogP contribution is -2.50. The molecule has 2 aromatic carbocycles. The Hall–Kier alpha value is -2.94. The van der Waals surface area contributed by atoms with Gasteiger partial charge in [0.25, 0.3) is 5.91 Å². The number of nitrogens with zero attached hydrogens (tertiary/aromatic N) is 1. The zero-order chi connectivity index (χ0) is 27.9. The van der Waals surface area contributed by atoms with Crippen LogP contribution in [0.25, 0.3) is 0 Å². The second-order valence-corrected chi connectivity index (χ2v) is 10.6. The fourth-order valence-electron chi connectivity index (χ4n) is 4.72. The summed E-state index contributed by atoms with van der Waals surface area (Å²) in [5.74, 6) is -0.0800. The molecule has 0 heterocycles. The summed E-state index contributed by atoms with van der Waals surface area (Å²) in [6.45, 7) is 6.15. The van der Waals surface area contributed by atoms with Crippen molar-refractivity contribution in [1.29, 1.82) is 0 Å². The van der Waals surface area contributed by atoms with Gasteiger partial charge in [-0.3, -0.25) is 15.1 Å². The van der Waals surface area contributed by atoms with Crippen molar-refractivity contribution in [2.45, 2.75) is 77.6 Å². The molecular weight excluding hydrogens is 496 g/mol. The summed E-state index contributed by atoms with van der Waals surface area (Å²) >= 11 is 0. The Bertz CT molecular complexity index is 1090. The minimum atomic E-state index is -4.48. The van der Waals surface area contributed by atoms with E-state index in [2.05, 4.69) is 15.6 Å². The molecule has 1 saturated carbocycles. The summed E-state index contributed by atoms with van der Waals surface area (Å²) in [5.41, 5.74) is 7.06. The van der Waals surface area contributed by atoms with Crippen LogP contribution in [0.2, 0.25) is 0 Å². The Balaban J connectivity index is 1.81. The largest absolute Gasteiger partial charge is 0.416 e. The normalized spacial score (nSPS) is 16.8. The van der Waals surface area contributed by atoms with Crippen molar-refractivity contribution in [3.05, 3.63) is 70.5 Å². The maximum Gasteiger partial charge on any atom is 0.416 e. The van der Waals surface area contributed by atoms with Crippen molar-refractivity contribution >= 4 is 11.9 Å². The molecule has 5 nitrogen and oxygen atoms in total. The molecule has 0 spiro atoms. The number of nitrogens with one attached hydrogen (secondary N) is 2. The first-order valence-electron chi connectivity index (χ1n) is 13.2. The van der Waals surface area contributed by atoms with Gasteiger partial charge >= 0.3 is 6.18 Å². The van der Waals surface area contributed by atoms with Crippen molar-refractivity contribution in [3.63, 3.8) is 0 Å². The quantitative estimate of drug-likeness (QED) is 0.205. The number of benzene rings is 2. The number of rotatable bonds is 8. The van der Waals surface area contributed by atoms with Crippen LogP contribution >= 0.6 is 0 Å². The monoisotopic (exact) mass is 534 g/mol. The summed E-state index contributed by atoms with van der Waals surface area (Å²) < 4.78 is 53.0. The highest BCUT2D eigenvalue weighted by molar-refractivity contribution is 6.05. The van der Waals surface area contributed by atoms with Gasteiger partial charge in [-0.1, -0.05) is 45.2 Å². The Morgan fingerprint density at radius 2 is 1.74 bits per heavy atom. The van der Waals surface area contributed by atoms with Gasteiger partial charge in [0.05, 0.1) is 5.56 Å². The first-order valence-corrected chi connectivity index (χ1v) is 13.2. The second kappa shape index (κ2) is 13.2. The minimum Gasteiger partial charge on any atom is -0.353 e. The van der Waals surface area contributed by atoms with Crippen LogP contribution in [0.4, 0.5) is 17.6 Å². The van der Waals surface area contributed by atoms with E-state index in [1.165, 1.54) is 6.07 Å². The molecule has 3 rings (SSSR count). The number of carbonyl (C=O) groups is 1. The molecule has 1 aliphatic carbocycles. The molecule has 38 heavy (non-hydrogen) atoms. The molecule has 0 radical (unpaired) electrons. The Morgan fingerprint density at radius 3 is 2.32 bits per heavy atom. The number of alkyl halides is 3. The van der Waals surface area contributed by atoms with Gasteiger partial charge < -0.3 is 11.1 Å². The summed E-state index contributed by atoms with van der Waals surface area (Å²) in [6, 6.07) is 8.54. The molecule has 9 heteroatoms. The number of hydrogen-bond acceptors (Lipinski definition) is 3. The molecule has 0 aliphatic heterocycles. The lowest BCUT2D eigenvalue weighted by atomic mass is 9.81. The van der Waals surface area contributed by atoms with Gasteiger partial charge in [-0.15, -0.1) is 0 Å². The number of aliphatic imine (C=N–C) groups is 1. The zero-order valence-electron chi connectivity index (χ0n) is 22.2. The average Bonchev–Trinajstić information content (AvgIpc) is 2.88. The molecule has 2 aromatic rings. The maximum absolute atomic E-state index is 14.2. The zero-order valence-corrected chi connectivity index (χ0v) is 22.2. The van der Waals surface area contributed by atoms with E-state index in [0.29, 0.717) is 24.1 Å². The molecule has 2 atom stereocenters. The summed E-state index contributed by atoms with van der Waals surface area (Å²) in [6.07, 6.45) is 1.36. The standard InChI is InChI=1S/C29H38F4N4O/c1-18(2)17-35-28(37-27(38)21-11-13-23(14-12-21)29(31,32)33)36-26(20-7-5-4-6-8-20)16-25(34)22-10-9-19(3)24(30)15-22/h9-15,18,20,25-26H,4-8,16-17,34H2,1-3H3,(H2,35,36,37,38). The summed E-state index contributed by atoms with van der Waals surface area (Å²) in [7, 11) is 0. The average molecular weight is 535 g/mol. The lowest BCUT2D eigenvalue weighted by molar-refractivity contribution is -0.137. The van der Waals surface area contributed by atoms with Crippen molar-refractivity contribution < 1.29 is 22.4 Å². The van der Waals surface area contributed by atoms with Crippen LogP contribution in [-0.2, 0) is 6.18 Å². The third-order valence-electron chi connectivity index (χ3n) is 6.99. The molecule has 208 valence electrons. The van der Waals surface area contributed by atoms with Crippen molar-refractivity contribution in [3.8, 4) is 0 Å². The molecule has 1 amide bonds. The smallest absolute Gasteiger partial charge is 0.353 e. The van der Waals surface area contributed by atoms with Crippen molar-refractivity contribution in [1.82, 2.24) is 10.6 Å². The van der Waals surface area contributed by atoms with E-state index in [0.717, 1.165) is 56.4 Å². The third kappa shape index (κ3) is 8.55. The fraction of sp³-hybridized carbons (Fsp3) is 0.517. The molecular formula is C29H38F4N4O. The Kier molecular flexibility index (Phi) is 10.3. The van der Waals surface area contributed by atoms with Crippen LogP contribution in [0.5, 0.6) is 0 Å². The number of halogens is 4. The number of nitrogens with two attached hydrogens (primary N) is 1. The highest BCUT2D eigenvalue weighted by atomic mass is 19.4. The van der Waals surface area contributed by atoms with Crippen LogP contribution in [-0.4, -0.2) is 24.5 Å². The molecule has 2 unspecified atom stereocenters. The number of amides is 1. The highest BCUT2D eigenvalue weighted by Crippen LogP contribution is 2.31. The lowest BCUT2D eigenvalue weighted by Gasteiger charge is -2.33. The molecule has 1 aliphatic rings. The first kappa shape index (κ1) is 29.6. The van der Waals surface area contributed by atoms with Crippen LogP contribution in [0.3, 0.4) is 0 Å². The van der Waals surface area contributed by atoms with Gasteiger partial charge in [-0.25, -0.2) is 4.39 Å². The van der Waals surface area contributed by atoms with Crippen LogP contribution < -0.4 is 16.4 Å². The molecule has 0 saturated heterocycles. The topological polar surface area (TPSA) is 79.5 Å². The summed E-state index contributed by atoms with van der Waals surface area (Å²) in [5, 5.41) is 6.17. The first-order chi connectivity index (χ1) is 17.9. The van der Waals surface area contributed by atoms with Gasteiger partial charge in [0.1, 0.15) is 5.82 Å². The fourth-order valence-corrected chi connectivity index (χ4v) is 4.72. The van der Waals surface area contributed by atoms with E-state index < -0.39 is 23.7 Å². The maximum atomic E-state index is 14.2. The predicted molar refractivity (Wildman–Crippen MR) is 142 cm³/mol. The number of aryl methyl sites for hydroxylation is 1. The van der Waals surface area contributed by atoms with Crippen LogP contribution in [0.15, 0.2) is 47.5 Å². The van der Waals surface area contributed by atoms with E-state index in [1.807, 2.05) is 19.9 Å². The highest BCUT2D eigenvalue weighted by Gasteiger charge is 2.31. The van der Waals surface area contributed by atoms with E-state index in [1.54, 1.807) is 13.0 Å². The Morgan fingerprint density at radius 1 is 1.08 bits per heavy atom. The molecule has 0 aromatic heterocycles. The van der Waals surface area contributed by atoms with E-state index in [4.69, 9.17) is 5.73 Å². The van der Waals surface area contributed by atoms with E-state index >= 15 is 0 Å². The van der Waals surface area contributed by atoms with Gasteiger partial charge in [0.2, 0.25) is 0 Å². The van der Waals surface area contributed by atoms with Crippen LogP contribution in [0.1, 0.15) is 85.5 Å². The number of carbonyl (C=O) groups excluding carboxylic acids is 1. The van der Waals surface area contributed by atoms with Crippen molar-refractivity contribution in [2.75, 3.05) is 6.54 Å². The third-order valence-corrected chi connectivity index (χ3v) is 6.99. The number of hydrogen-bond donors (Lipinski definition) is 3. The summed E-state index contributed by atoms with van der Waals surface area (Å²) in [4.78, 5) is 17.5. The van der Waals surface area contributed by atoms with Gasteiger partial charge in [0, 0.05) is 24.2 Å². The second-order valence-electron chi connectivity index (χ2n) is 10.6. The van der Waals surface area contributed by atoms with E-state index in [9.17, 15) is 22.4 Å². The SMILES string of the molecule is Cc1ccc(C(N)CC(NC(=NCC(C)C)NC(=O)c2ccc(C(F)(F)F)cc2)C2CCCCC2)cc1F. The predicted octanol–water partition coefficient (Wildman–Crippen LogP) is 6.52. The molecule has 0 bridgehead atoms. The van der Waals surface area contributed by atoms with Gasteiger partial charge in [0.15, 0.2) is 5.96 Å². The Labute approximate surface area is 222 Å². The molecule has 4 N–H and O–H groups in total.